The van der Waals surface area contributed by atoms with E-state index in [1.54, 1.807) is 0 Å². The molecule has 0 aliphatic rings. The van der Waals surface area contributed by atoms with Gasteiger partial charge in [-0.2, -0.15) is 5.10 Å². The molecule has 0 N–H and O–H groups in total. The first-order valence-electron chi connectivity index (χ1n) is 5.93. The lowest BCUT2D eigenvalue weighted by Crippen LogP contribution is -2.21. The molecule has 0 radical (unpaired) electrons. The van der Waals surface area contributed by atoms with Gasteiger partial charge in [-0.1, -0.05) is 13.8 Å². The molecule has 0 aliphatic heterocycles. The Morgan fingerprint density at radius 1 is 1.45 bits per heavy atom. The summed E-state index contributed by atoms with van der Waals surface area (Å²) >= 11 is 5.24. The Labute approximate surface area is 123 Å². The summed E-state index contributed by atoms with van der Waals surface area (Å²) in [7, 11) is 4.28. The molecule has 7 nitrogen and oxygen atoms in total. The molecule has 1 atom stereocenters. The molecule has 20 heavy (non-hydrogen) atoms. The Kier molecular flexibility index (Phi) is 6.13. The Morgan fingerprint density at radius 3 is 2.60 bits per heavy atom. The van der Waals surface area contributed by atoms with E-state index in [-0.39, 0.29) is 17.4 Å². The van der Waals surface area contributed by atoms with Gasteiger partial charge in [0.15, 0.2) is 5.75 Å². The Balaban J connectivity index is 3.04. The third-order valence-electron chi connectivity index (χ3n) is 2.26. The first-order chi connectivity index (χ1) is 9.33. The number of methoxy groups -OCH3 is 1. The van der Waals surface area contributed by atoms with Gasteiger partial charge >= 0.3 is 12.3 Å². The first kappa shape index (κ1) is 17.1. The van der Waals surface area contributed by atoms with Crippen LogP contribution >= 0.6 is 6.72 Å². The maximum Gasteiger partial charge on any atom is 0.380 e. The number of aromatic nitrogens is 2. The van der Waals surface area contributed by atoms with Crippen molar-refractivity contribution in [2.75, 3.05) is 20.8 Å². The summed E-state index contributed by atoms with van der Waals surface area (Å²) in [6.45, 7) is 1.37. The predicted molar refractivity (Wildman–Crippen MR) is 78.7 cm³/mol. The fraction of sp³-hybridized carbons (Fsp3) is 0.636. The van der Waals surface area contributed by atoms with E-state index >= 15 is 0 Å². The number of hydrogen-bond donors (Lipinski definition) is 0. The van der Waals surface area contributed by atoms with Gasteiger partial charge in [0.1, 0.15) is 0 Å². The van der Waals surface area contributed by atoms with Crippen molar-refractivity contribution in [2.24, 2.45) is 13.0 Å². The minimum atomic E-state index is -2.99. The summed E-state index contributed by atoms with van der Waals surface area (Å²) in [6, 6.07) is 0. The van der Waals surface area contributed by atoms with Crippen molar-refractivity contribution in [3.63, 3.8) is 0 Å². The van der Waals surface area contributed by atoms with E-state index in [1.807, 2.05) is 13.8 Å². The van der Waals surface area contributed by atoms with Gasteiger partial charge in [0, 0.05) is 26.0 Å². The van der Waals surface area contributed by atoms with Crippen LogP contribution in [0.5, 0.6) is 11.5 Å². The minimum absolute atomic E-state index is 0.0157. The van der Waals surface area contributed by atoms with Crippen LogP contribution in [0.1, 0.15) is 13.8 Å². The van der Waals surface area contributed by atoms with E-state index in [9.17, 15) is 4.79 Å². The molecule has 1 heterocycles. The van der Waals surface area contributed by atoms with Gasteiger partial charge in [-0.3, -0.25) is 9.32 Å². The highest BCUT2D eigenvalue weighted by Gasteiger charge is 2.25. The van der Waals surface area contributed by atoms with E-state index in [4.69, 9.17) is 30.1 Å². The topological polar surface area (TPSA) is 71.8 Å². The largest absolute Gasteiger partial charge is 0.488 e. The van der Waals surface area contributed by atoms with Gasteiger partial charge in [-0.15, -0.1) is 0 Å². The highest BCUT2D eigenvalue weighted by atomic mass is 32.5. The molecule has 1 unspecified atom stereocenters. The van der Waals surface area contributed by atoms with Gasteiger partial charge in [0.25, 0.3) is 0 Å². The average molecular weight is 322 g/mol. The average Bonchev–Trinajstić information content (AvgIpc) is 2.41. The highest BCUT2D eigenvalue weighted by molar-refractivity contribution is 8.07. The number of aryl methyl sites for hydroxylation is 1. The zero-order chi connectivity index (χ0) is 15.3. The van der Waals surface area contributed by atoms with Crippen LogP contribution in [0.3, 0.4) is 0 Å². The van der Waals surface area contributed by atoms with E-state index in [0.717, 1.165) is 4.68 Å². The van der Waals surface area contributed by atoms with Crippen LogP contribution in [-0.4, -0.2) is 30.6 Å². The van der Waals surface area contributed by atoms with E-state index in [0.29, 0.717) is 6.61 Å². The minimum Gasteiger partial charge on any atom is -0.488 e. The van der Waals surface area contributed by atoms with Crippen LogP contribution in [0.2, 0.25) is 0 Å². The molecule has 0 spiro atoms. The molecule has 1 aromatic rings. The van der Waals surface area contributed by atoms with Gasteiger partial charge in [-0.05, 0) is 5.92 Å². The molecule has 0 aromatic carbocycles. The Morgan fingerprint density at radius 2 is 2.10 bits per heavy atom. The Bertz CT molecular complexity index is 560. The third kappa shape index (κ3) is 4.28. The van der Waals surface area contributed by atoms with Crippen LogP contribution in [0.25, 0.3) is 0 Å². The molecule has 0 saturated heterocycles. The summed E-state index contributed by atoms with van der Waals surface area (Å²) < 4.78 is 22.4. The maximum atomic E-state index is 11.9. The summed E-state index contributed by atoms with van der Waals surface area (Å²) in [5.74, 6) is 0.409. The lowest BCUT2D eigenvalue weighted by molar-refractivity contribution is 0.205. The quantitative estimate of drug-likeness (QED) is 0.708. The van der Waals surface area contributed by atoms with E-state index < -0.39 is 12.3 Å². The molecule has 0 amide bonds. The summed E-state index contributed by atoms with van der Waals surface area (Å²) in [4.78, 5) is 11.9. The van der Waals surface area contributed by atoms with E-state index in [1.165, 1.54) is 27.5 Å². The van der Waals surface area contributed by atoms with Gasteiger partial charge in [0.2, 0.25) is 5.75 Å². The molecule has 0 bridgehead atoms. The lowest BCUT2D eigenvalue weighted by atomic mass is 10.2. The van der Waals surface area contributed by atoms with Crippen molar-refractivity contribution in [3.05, 3.63) is 16.6 Å². The molecular weight excluding hydrogens is 303 g/mol. The standard InChI is InChI=1S/C11H19N2O5PS/c1-8(2)7-17-19(20,16-5)18-9-6-12-13(3)11(14)10(9)15-4/h6,8H,7H2,1-5H3. The number of rotatable bonds is 7. The molecule has 0 fully saturated rings. The molecular formula is C11H19N2O5PS. The summed E-state index contributed by atoms with van der Waals surface area (Å²) in [5.41, 5.74) is -0.425. The van der Waals surface area contributed by atoms with Gasteiger partial charge < -0.3 is 13.8 Å². The monoisotopic (exact) mass is 322 g/mol. The van der Waals surface area contributed by atoms with Crippen molar-refractivity contribution in [2.45, 2.75) is 13.8 Å². The summed E-state index contributed by atoms with van der Waals surface area (Å²) in [5, 5.41) is 3.86. The zero-order valence-corrected chi connectivity index (χ0v) is 13.9. The first-order valence-corrected chi connectivity index (χ1v) is 8.48. The van der Waals surface area contributed by atoms with Crippen molar-refractivity contribution in [1.82, 2.24) is 9.78 Å². The molecule has 114 valence electrons. The SMILES string of the molecule is COc1c(OP(=S)(OC)OCC(C)C)cnn(C)c1=O. The van der Waals surface area contributed by atoms with Crippen molar-refractivity contribution in [3.8, 4) is 11.5 Å². The highest BCUT2D eigenvalue weighted by Crippen LogP contribution is 2.50. The molecule has 0 saturated carbocycles. The number of ether oxygens (including phenoxy) is 1. The molecule has 9 heteroatoms. The van der Waals surface area contributed by atoms with Gasteiger partial charge in [0.05, 0.1) is 19.9 Å². The van der Waals surface area contributed by atoms with Crippen LogP contribution in [0.15, 0.2) is 11.0 Å². The van der Waals surface area contributed by atoms with Crippen molar-refractivity contribution >= 4 is 18.5 Å². The zero-order valence-electron chi connectivity index (χ0n) is 12.2. The summed E-state index contributed by atoms with van der Waals surface area (Å²) in [6.07, 6.45) is 1.35. The van der Waals surface area contributed by atoms with Crippen LogP contribution in [0.4, 0.5) is 0 Å². The molecule has 1 aromatic heterocycles. The molecule has 0 aliphatic carbocycles. The second-order valence-corrected chi connectivity index (χ2v) is 7.42. The second-order valence-electron chi connectivity index (χ2n) is 4.38. The van der Waals surface area contributed by atoms with Gasteiger partial charge in [-0.25, -0.2) is 4.68 Å². The van der Waals surface area contributed by atoms with Crippen LogP contribution < -0.4 is 14.8 Å². The number of hydrogen-bond acceptors (Lipinski definition) is 7. The second kappa shape index (κ2) is 7.17. The fourth-order valence-electron chi connectivity index (χ4n) is 1.23. The predicted octanol–water partition coefficient (Wildman–Crippen LogP) is 1.71. The number of nitrogens with zero attached hydrogens (tertiary/aromatic N) is 2. The van der Waals surface area contributed by atoms with Crippen LogP contribution in [0, 0.1) is 5.92 Å². The van der Waals surface area contributed by atoms with Crippen molar-refractivity contribution in [1.29, 1.82) is 0 Å². The lowest BCUT2D eigenvalue weighted by Gasteiger charge is -2.22. The third-order valence-corrected chi connectivity index (χ3v) is 4.58. The Hall–Kier alpha value is -0.950. The smallest absolute Gasteiger partial charge is 0.380 e. The normalized spacial score (nSPS) is 14.1. The van der Waals surface area contributed by atoms with Crippen LogP contribution in [-0.2, 0) is 27.9 Å². The maximum absolute atomic E-state index is 11.9. The molecule has 1 rings (SSSR count). The van der Waals surface area contributed by atoms with Crippen molar-refractivity contribution < 1.29 is 18.3 Å². The fourth-order valence-corrected chi connectivity index (χ4v) is 2.74. The van der Waals surface area contributed by atoms with E-state index in [2.05, 4.69) is 5.10 Å².